The number of hydrogen-bond acceptors (Lipinski definition) is 3. The molecule has 0 saturated carbocycles. The lowest BCUT2D eigenvalue weighted by atomic mass is 10.2. The second kappa shape index (κ2) is 6.82. The predicted octanol–water partition coefficient (Wildman–Crippen LogP) is 4.69. The van der Waals surface area contributed by atoms with Gasteiger partial charge in [0.2, 0.25) is 0 Å². The van der Waals surface area contributed by atoms with Gasteiger partial charge in [-0.2, -0.15) is 0 Å². The first-order chi connectivity index (χ1) is 9.15. The van der Waals surface area contributed by atoms with Gasteiger partial charge in [-0.15, -0.1) is 11.3 Å². The van der Waals surface area contributed by atoms with Crippen LogP contribution in [0.5, 0.6) is 5.75 Å². The third kappa shape index (κ3) is 4.44. The number of thiophene rings is 1. The minimum atomic E-state index is -0.348. The highest BCUT2D eigenvalue weighted by Crippen LogP contribution is 2.21. The zero-order valence-corrected chi connectivity index (χ0v) is 12.5. The Kier molecular flexibility index (Phi) is 5.10. The van der Waals surface area contributed by atoms with Gasteiger partial charge in [-0.05, 0) is 30.0 Å². The first kappa shape index (κ1) is 14.2. The van der Waals surface area contributed by atoms with Crippen LogP contribution < -0.4 is 4.74 Å². The van der Waals surface area contributed by atoms with E-state index in [9.17, 15) is 9.18 Å². The van der Waals surface area contributed by atoms with Crippen molar-refractivity contribution in [1.82, 2.24) is 0 Å². The van der Waals surface area contributed by atoms with Crippen molar-refractivity contribution >= 4 is 33.0 Å². The lowest BCUT2D eigenvalue weighted by molar-refractivity contribution is 0.0977. The van der Waals surface area contributed by atoms with Crippen LogP contribution in [0.4, 0.5) is 4.39 Å². The van der Waals surface area contributed by atoms with E-state index in [1.807, 2.05) is 17.5 Å². The van der Waals surface area contributed by atoms with E-state index in [0.717, 1.165) is 4.88 Å². The number of Topliss-reactive ketones (excluding diaryl/α,β-unsaturated/α-hetero) is 1. The van der Waals surface area contributed by atoms with Crippen LogP contribution in [0.2, 0.25) is 0 Å². The van der Waals surface area contributed by atoms with Crippen molar-refractivity contribution in [2.45, 2.75) is 12.8 Å². The average Bonchev–Trinajstić information content (AvgIpc) is 2.87. The molecule has 0 atom stereocenters. The number of carbonyl (C=O) groups is 1. The Balaban J connectivity index is 1.76. The van der Waals surface area contributed by atoms with E-state index in [1.165, 1.54) is 23.5 Å². The van der Waals surface area contributed by atoms with Crippen molar-refractivity contribution in [2.24, 2.45) is 0 Å². The molecule has 0 aliphatic rings. The fraction of sp³-hybridized carbons (Fsp3) is 0.214. The van der Waals surface area contributed by atoms with Gasteiger partial charge in [0.1, 0.15) is 11.6 Å². The Morgan fingerprint density at radius 3 is 2.89 bits per heavy atom. The second-order valence-corrected chi connectivity index (χ2v) is 5.82. The number of rotatable bonds is 6. The van der Waals surface area contributed by atoms with Gasteiger partial charge in [-0.1, -0.05) is 22.0 Å². The molecule has 1 aromatic carbocycles. The van der Waals surface area contributed by atoms with E-state index < -0.39 is 0 Å². The van der Waals surface area contributed by atoms with Crippen LogP contribution in [0, 0.1) is 5.82 Å². The van der Waals surface area contributed by atoms with Crippen LogP contribution >= 0.6 is 27.3 Å². The first-order valence-corrected chi connectivity index (χ1v) is 7.48. The normalized spacial score (nSPS) is 10.4. The van der Waals surface area contributed by atoms with Crippen molar-refractivity contribution in [3.63, 3.8) is 0 Å². The minimum Gasteiger partial charge on any atom is -0.493 e. The SMILES string of the molecule is O=C(CCCOc1cc(F)cc(Br)c1)c1cccs1. The Hall–Kier alpha value is -1.20. The van der Waals surface area contributed by atoms with Gasteiger partial charge in [0.05, 0.1) is 11.5 Å². The lowest BCUT2D eigenvalue weighted by Crippen LogP contribution is -2.02. The number of halogens is 2. The summed E-state index contributed by atoms with van der Waals surface area (Å²) in [5.74, 6) is 0.244. The minimum absolute atomic E-state index is 0.124. The molecule has 0 aliphatic heterocycles. The molecule has 0 unspecified atom stereocenters. The molecule has 0 spiro atoms. The molecule has 0 amide bonds. The fourth-order valence-corrected chi connectivity index (χ4v) is 2.73. The van der Waals surface area contributed by atoms with Crippen molar-refractivity contribution < 1.29 is 13.9 Å². The van der Waals surface area contributed by atoms with Crippen LogP contribution in [0.3, 0.4) is 0 Å². The van der Waals surface area contributed by atoms with Crippen molar-refractivity contribution in [3.05, 3.63) is 50.9 Å². The topological polar surface area (TPSA) is 26.3 Å². The van der Waals surface area contributed by atoms with Crippen LogP contribution in [0.1, 0.15) is 22.5 Å². The van der Waals surface area contributed by atoms with Gasteiger partial charge >= 0.3 is 0 Å². The van der Waals surface area contributed by atoms with Gasteiger partial charge in [0.15, 0.2) is 5.78 Å². The summed E-state index contributed by atoms with van der Waals surface area (Å²) in [5, 5.41) is 1.88. The summed E-state index contributed by atoms with van der Waals surface area (Å²) in [6.07, 6.45) is 1.06. The van der Waals surface area contributed by atoms with Crippen LogP contribution in [-0.4, -0.2) is 12.4 Å². The highest BCUT2D eigenvalue weighted by atomic mass is 79.9. The third-order valence-electron chi connectivity index (χ3n) is 2.45. The number of benzene rings is 1. The number of hydrogen-bond donors (Lipinski definition) is 0. The van der Waals surface area contributed by atoms with Crippen LogP contribution in [0.25, 0.3) is 0 Å². The summed E-state index contributed by atoms with van der Waals surface area (Å²) in [5.41, 5.74) is 0. The van der Waals surface area contributed by atoms with Gasteiger partial charge in [-0.3, -0.25) is 4.79 Å². The van der Waals surface area contributed by atoms with Crippen molar-refractivity contribution in [2.75, 3.05) is 6.61 Å². The molecule has 2 aromatic rings. The molecule has 0 N–H and O–H groups in total. The summed E-state index contributed by atoms with van der Waals surface area (Å²) >= 11 is 4.64. The van der Waals surface area contributed by atoms with E-state index in [0.29, 0.717) is 29.7 Å². The molecule has 1 aromatic heterocycles. The summed E-state index contributed by atoms with van der Waals surface area (Å²) in [4.78, 5) is 12.5. The van der Waals surface area contributed by atoms with E-state index in [-0.39, 0.29) is 11.6 Å². The van der Waals surface area contributed by atoms with Crippen molar-refractivity contribution in [3.8, 4) is 5.75 Å². The molecule has 2 rings (SSSR count). The van der Waals surface area contributed by atoms with Crippen LogP contribution in [0.15, 0.2) is 40.2 Å². The number of ether oxygens (including phenoxy) is 1. The standard InChI is InChI=1S/C14H12BrFO2S/c15-10-7-11(16)9-12(8-10)18-5-1-3-13(17)14-4-2-6-19-14/h2,4,6-9H,1,3,5H2. The molecule has 0 saturated heterocycles. The monoisotopic (exact) mass is 342 g/mol. The molecule has 2 nitrogen and oxygen atoms in total. The average molecular weight is 343 g/mol. The van der Waals surface area contributed by atoms with E-state index >= 15 is 0 Å². The smallest absolute Gasteiger partial charge is 0.172 e. The molecule has 100 valence electrons. The predicted molar refractivity (Wildman–Crippen MR) is 77.5 cm³/mol. The fourth-order valence-electron chi connectivity index (χ4n) is 1.60. The van der Waals surface area contributed by atoms with Crippen LogP contribution in [-0.2, 0) is 0 Å². The third-order valence-corrected chi connectivity index (χ3v) is 3.82. The maximum atomic E-state index is 13.1. The highest BCUT2D eigenvalue weighted by Gasteiger charge is 2.06. The molecule has 0 aliphatic carbocycles. The quantitative estimate of drug-likeness (QED) is 0.562. The second-order valence-electron chi connectivity index (χ2n) is 3.96. The zero-order chi connectivity index (χ0) is 13.7. The van der Waals surface area contributed by atoms with Crippen molar-refractivity contribution in [1.29, 1.82) is 0 Å². The molecule has 19 heavy (non-hydrogen) atoms. The molecule has 0 radical (unpaired) electrons. The van der Waals surface area contributed by atoms with Gasteiger partial charge in [0.25, 0.3) is 0 Å². The molecule has 5 heteroatoms. The summed E-state index contributed by atoms with van der Waals surface area (Å²) in [6.45, 7) is 0.396. The Labute approximate surface area is 123 Å². The number of ketones is 1. The number of carbonyl (C=O) groups excluding carboxylic acids is 1. The maximum Gasteiger partial charge on any atom is 0.172 e. The largest absolute Gasteiger partial charge is 0.493 e. The molecule has 1 heterocycles. The Morgan fingerprint density at radius 1 is 1.37 bits per heavy atom. The highest BCUT2D eigenvalue weighted by molar-refractivity contribution is 9.10. The maximum absolute atomic E-state index is 13.1. The molecular weight excluding hydrogens is 331 g/mol. The summed E-state index contributed by atoms with van der Waals surface area (Å²) in [6, 6.07) is 8.07. The van der Waals surface area contributed by atoms with Gasteiger partial charge in [0, 0.05) is 17.0 Å². The van der Waals surface area contributed by atoms with E-state index in [1.54, 1.807) is 6.07 Å². The summed E-state index contributed by atoms with van der Waals surface area (Å²) < 4.78 is 19.1. The first-order valence-electron chi connectivity index (χ1n) is 5.81. The molecule has 0 fully saturated rings. The Bertz CT molecular complexity index is 534. The Morgan fingerprint density at radius 2 is 2.21 bits per heavy atom. The lowest BCUT2D eigenvalue weighted by Gasteiger charge is -2.06. The van der Waals surface area contributed by atoms with E-state index in [4.69, 9.17) is 4.74 Å². The summed E-state index contributed by atoms with van der Waals surface area (Å²) in [7, 11) is 0. The zero-order valence-electron chi connectivity index (χ0n) is 10.1. The van der Waals surface area contributed by atoms with Gasteiger partial charge < -0.3 is 4.74 Å². The molecular formula is C14H12BrFO2S. The van der Waals surface area contributed by atoms with E-state index in [2.05, 4.69) is 15.9 Å². The van der Waals surface area contributed by atoms with Gasteiger partial charge in [-0.25, -0.2) is 4.39 Å². The molecule has 0 bridgehead atoms.